The summed E-state index contributed by atoms with van der Waals surface area (Å²) in [7, 11) is 0. The Morgan fingerprint density at radius 1 is 0.471 bits per heavy atom. The quantitative estimate of drug-likeness (QED) is 0.618. The van der Waals surface area contributed by atoms with Gasteiger partial charge in [0.25, 0.3) is 0 Å². The molecule has 4 fully saturated rings. The van der Waals surface area contributed by atoms with E-state index in [0.717, 1.165) is 16.7 Å². The summed E-state index contributed by atoms with van der Waals surface area (Å²) in [5.41, 5.74) is 1.72. The van der Waals surface area contributed by atoms with E-state index >= 15 is 0 Å². The Labute approximate surface area is 107 Å². The third kappa shape index (κ3) is 1.36. The van der Waals surface area contributed by atoms with E-state index in [1.807, 2.05) is 0 Å². The van der Waals surface area contributed by atoms with Gasteiger partial charge in [0.2, 0.25) is 0 Å². The lowest BCUT2D eigenvalue weighted by Gasteiger charge is -2.59. The third-order valence-corrected chi connectivity index (χ3v) is 7.23. The summed E-state index contributed by atoms with van der Waals surface area (Å²) in [6, 6.07) is 0. The van der Waals surface area contributed by atoms with Gasteiger partial charge in [-0.25, -0.2) is 0 Å². The van der Waals surface area contributed by atoms with Gasteiger partial charge in [-0.05, 0) is 74.0 Å². The highest BCUT2D eigenvalue weighted by molar-refractivity contribution is 5.13. The molecule has 0 saturated heterocycles. The number of hydrogen-bond acceptors (Lipinski definition) is 0. The van der Waals surface area contributed by atoms with E-state index < -0.39 is 0 Å². The zero-order chi connectivity index (χ0) is 11.3. The van der Waals surface area contributed by atoms with Crippen LogP contribution in [0.5, 0.6) is 0 Å². The number of hydrogen-bond donors (Lipinski definition) is 0. The highest BCUT2D eigenvalue weighted by Gasteiger charge is 2.63. The van der Waals surface area contributed by atoms with Crippen molar-refractivity contribution in [3.8, 4) is 0 Å². The highest BCUT2D eigenvalue weighted by Crippen LogP contribution is 2.73. The molecule has 0 atom stereocenters. The summed E-state index contributed by atoms with van der Waals surface area (Å²) in [4.78, 5) is 0. The first-order valence-corrected chi connectivity index (χ1v) is 8.37. The van der Waals surface area contributed by atoms with Crippen LogP contribution in [0.4, 0.5) is 0 Å². The van der Waals surface area contributed by atoms with Crippen molar-refractivity contribution < 1.29 is 0 Å². The SMILES string of the molecule is C1CCC(C2(C3(C4CC4)CCCC3)CCC2)C1. The molecule has 0 aliphatic heterocycles. The first kappa shape index (κ1) is 10.9. The van der Waals surface area contributed by atoms with Crippen molar-refractivity contribution in [3.63, 3.8) is 0 Å². The summed E-state index contributed by atoms with van der Waals surface area (Å²) in [5.74, 6) is 2.32. The molecule has 0 nitrogen and oxygen atoms in total. The van der Waals surface area contributed by atoms with Crippen LogP contribution in [-0.4, -0.2) is 0 Å². The van der Waals surface area contributed by atoms with E-state index in [1.165, 1.54) is 5.92 Å². The van der Waals surface area contributed by atoms with Gasteiger partial charge in [-0.15, -0.1) is 0 Å². The molecule has 17 heavy (non-hydrogen) atoms. The fourth-order valence-electron chi connectivity index (χ4n) is 6.30. The van der Waals surface area contributed by atoms with Crippen LogP contribution in [0.2, 0.25) is 0 Å². The fraction of sp³-hybridized carbons (Fsp3) is 1.00. The Kier molecular flexibility index (Phi) is 2.40. The summed E-state index contributed by atoms with van der Waals surface area (Å²) in [5, 5.41) is 0. The molecule has 4 aliphatic carbocycles. The van der Waals surface area contributed by atoms with Gasteiger partial charge in [-0.1, -0.05) is 32.1 Å². The second kappa shape index (κ2) is 3.75. The van der Waals surface area contributed by atoms with Crippen molar-refractivity contribution >= 4 is 0 Å². The normalized spacial score (nSPS) is 36.0. The molecule has 0 aromatic rings. The second-order valence-electron chi connectivity index (χ2n) is 7.63. The lowest BCUT2D eigenvalue weighted by Crippen LogP contribution is -2.51. The molecule has 0 spiro atoms. The zero-order valence-corrected chi connectivity index (χ0v) is 11.3. The minimum absolute atomic E-state index is 0.861. The third-order valence-electron chi connectivity index (χ3n) is 7.23. The van der Waals surface area contributed by atoms with E-state index in [-0.39, 0.29) is 0 Å². The molecule has 4 saturated carbocycles. The standard InChI is InChI=1S/C17H28/c1-2-7-14(6-1)17(12-5-13-17)16(15-8-9-15)10-3-4-11-16/h14-15H,1-13H2. The largest absolute Gasteiger partial charge is 0.0530 e. The van der Waals surface area contributed by atoms with E-state index in [4.69, 9.17) is 0 Å². The Hall–Kier alpha value is 0. The van der Waals surface area contributed by atoms with Crippen molar-refractivity contribution in [3.05, 3.63) is 0 Å². The first-order valence-electron chi connectivity index (χ1n) is 8.37. The maximum Gasteiger partial charge on any atom is -0.0210 e. The van der Waals surface area contributed by atoms with E-state index in [2.05, 4.69) is 0 Å². The van der Waals surface area contributed by atoms with E-state index in [1.54, 1.807) is 83.5 Å². The van der Waals surface area contributed by atoms with Crippen molar-refractivity contribution in [2.24, 2.45) is 22.7 Å². The van der Waals surface area contributed by atoms with Crippen LogP contribution in [0.15, 0.2) is 0 Å². The second-order valence-corrected chi connectivity index (χ2v) is 7.63. The molecular weight excluding hydrogens is 204 g/mol. The van der Waals surface area contributed by atoms with Crippen LogP contribution in [0, 0.1) is 22.7 Å². The van der Waals surface area contributed by atoms with Crippen LogP contribution in [0.25, 0.3) is 0 Å². The topological polar surface area (TPSA) is 0 Å². The molecule has 0 bridgehead atoms. The monoisotopic (exact) mass is 232 g/mol. The minimum Gasteiger partial charge on any atom is -0.0530 e. The smallest absolute Gasteiger partial charge is 0.0210 e. The van der Waals surface area contributed by atoms with Gasteiger partial charge in [0.1, 0.15) is 0 Å². The first-order chi connectivity index (χ1) is 8.37. The van der Waals surface area contributed by atoms with Gasteiger partial charge in [-0.3, -0.25) is 0 Å². The van der Waals surface area contributed by atoms with Crippen LogP contribution >= 0.6 is 0 Å². The van der Waals surface area contributed by atoms with Gasteiger partial charge in [0.05, 0.1) is 0 Å². The van der Waals surface area contributed by atoms with E-state index in [9.17, 15) is 0 Å². The molecule has 0 N–H and O–H groups in total. The van der Waals surface area contributed by atoms with Crippen LogP contribution < -0.4 is 0 Å². The summed E-state index contributed by atoms with van der Waals surface area (Å²) < 4.78 is 0. The van der Waals surface area contributed by atoms with Crippen LogP contribution in [0.3, 0.4) is 0 Å². The fourth-order valence-corrected chi connectivity index (χ4v) is 6.30. The molecule has 0 heteroatoms. The molecule has 4 aliphatic rings. The maximum atomic E-state index is 1.62. The zero-order valence-electron chi connectivity index (χ0n) is 11.3. The van der Waals surface area contributed by atoms with Crippen LogP contribution in [-0.2, 0) is 0 Å². The Balaban J connectivity index is 1.68. The average molecular weight is 232 g/mol. The molecule has 0 unspecified atom stereocenters. The van der Waals surface area contributed by atoms with Gasteiger partial charge < -0.3 is 0 Å². The minimum atomic E-state index is 0.861. The summed E-state index contributed by atoms with van der Waals surface area (Å²) in [6.45, 7) is 0. The van der Waals surface area contributed by atoms with Gasteiger partial charge in [0, 0.05) is 0 Å². The van der Waals surface area contributed by atoms with Crippen molar-refractivity contribution in [1.29, 1.82) is 0 Å². The van der Waals surface area contributed by atoms with Crippen LogP contribution in [0.1, 0.15) is 83.5 Å². The van der Waals surface area contributed by atoms with Gasteiger partial charge in [-0.2, -0.15) is 0 Å². The molecule has 0 aromatic carbocycles. The highest BCUT2D eigenvalue weighted by atomic mass is 14.7. The van der Waals surface area contributed by atoms with Crippen molar-refractivity contribution in [2.75, 3.05) is 0 Å². The predicted molar refractivity (Wildman–Crippen MR) is 71.9 cm³/mol. The molecule has 0 heterocycles. The lowest BCUT2D eigenvalue weighted by molar-refractivity contribution is -0.102. The maximum absolute atomic E-state index is 1.62. The molecule has 0 amide bonds. The average Bonchev–Trinajstić information content (AvgIpc) is 2.80. The summed E-state index contributed by atoms with van der Waals surface area (Å²) >= 11 is 0. The lowest BCUT2D eigenvalue weighted by atomic mass is 9.45. The Morgan fingerprint density at radius 3 is 1.35 bits per heavy atom. The van der Waals surface area contributed by atoms with Crippen molar-refractivity contribution in [2.45, 2.75) is 83.5 Å². The van der Waals surface area contributed by atoms with Gasteiger partial charge in [0.15, 0.2) is 0 Å². The molecule has 0 aromatic heterocycles. The summed E-state index contributed by atoms with van der Waals surface area (Å²) in [6.07, 6.45) is 20.6. The Bertz CT molecular complexity index is 283. The van der Waals surface area contributed by atoms with Crippen molar-refractivity contribution in [1.82, 2.24) is 0 Å². The van der Waals surface area contributed by atoms with E-state index in [0.29, 0.717) is 0 Å². The molecular formula is C17H28. The molecule has 96 valence electrons. The number of rotatable bonds is 3. The Morgan fingerprint density at radius 2 is 0.941 bits per heavy atom. The molecule has 4 rings (SSSR count). The molecule has 0 radical (unpaired) electrons. The predicted octanol–water partition coefficient (Wildman–Crippen LogP) is 5.32. The van der Waals surface area contributed by atoms with Gasteiger partial charge >= 0.3 is 0 Å².